The fourth-order valence-electron chi connectivity index (χ4n) is 4.45. The number of benzene rings is 3. The van der Waals surface area contributed by atoms with Crippen molar-refractivity contribution in [2.24, 2.45) is 0 Å². The van der Waals surface area contributed by atoms with Crippen molar-refractivity contribution >= 4 is 27.8 Å². The Balaban J connectivity index is 1.92. The summed E-state index contributed by atoms with van der Waals surface area (Å²) in [4.78, 5) is 4.64. The first-order chi connectivity index (χ1) is 12.4. The zero-order valence-electron chi connectivity index (χ0n) is 16.5. The van der Waals surface area contributed by atoms with Gasteiger partial charge in [-0.2, -0.15) is 0 Å². The van der Waals surface area contributed by atoms with E-state index < -0.39 is 0 Å². The molecule has 4 rings (SSSR count). The molecule has 0 spiro atoms. The van der Waals surface area contributed by atoms with Crippen LogP contribution >= 0.6 is 0 Å². The third kappa shape index (κ3) is 2.63. The minimum absolute atomic E-state index is 0.887. The van der Waals surface area contributed by atoms with Crippen LogP contribution in [0.15, 0.2) is 54.6 Å². The summed E-state index contributed by atoms with van der Waals surface area (Å²) in [5, 5.41) is 2.74. The molecule has 0 aromatic heterocycles. The van der Waals surface area contributed by atoms with Crippen LogP contribution in [0.5, 0.6) is 0 Å². The first-order valence-corrected chi connectivity index (χ1v) is 9.23. The van der Waals surface area contributed by atoms with E-state index in [2.05, 4.69) is 99.6 Å². The van der Waals surface area contributed by atoms with E-state index in [0.29, 0.717) is 0 Å². The molecule has 0 saturated carbocycles. The lowest BCUT2D eigenvalue weighted by molar-refractivity contribution is 0.398. The lowest BCUT2D eigenvalue weighted by Crippen LogP contribution is -2.51. The van der Waals surface area contributed by atoms with Crippen LogP contribution in [0.2, 0.25) is 0 Å². The van der Waals surface area contributed by atoms with Gasteiger partial charge in [0.05, 0.1) is 25.2 Å². The molecule has 0 aliphatic carbocycles. The van der Waals surface area contributed by atoms with E-state index in [1.807, 2.05) is 0 Å². The summed E-state index contributed by atoms with van der Waals surface area (Å²) < 4.78 is 0.887. The molecule has 0 saturated heterocycles. The van der Waals surface area contributed by atoms with Gasteiger partial charge < -0.3 is 9.80 Å². The molecule has 0 bridgehead atoms. The third-order valence-corrected chi connectivity index (χ3v) is 5.53. The fraction of sp³-hybridized carbons (Fsp3) is 0.304. The van der Waals surface area contributed by atoms with E-state index >= 15 is 0 Å². The van der Waals surface area contributed by atoms with Gasteiger partial charge in [-0.05, 0) is 28.6 Å². The Hall–Kier alpha value is -2.52. The first kappa shape index (κ1) is 16.9. The van der Waals surface area contributed by atoms with Gasteiger partial charge in [0.2, 0.25) is 0 Å². The standard InChI is InChI=1S/C23H28N3/c1-24(2)20-11-7-6-9-18(20)15-19-14-13-17-10-8-12-21-22(17)23(19)25(3)16-26(21,4)5/h6-14H,15-16H2,1-5H3/q+1. The second-order valence-corrected chi connectivity index (χ2v) is 8.17. The fourth-order valence-corrected chi connectivity index (χ4v) is 4.45. The predicted molar refractivity (Wildman–Crippen MR) is 114 cm³/mol. The zero-order chi connectivity index (χ0) is 18.5. The Morgan fingerprint density at radius 2 is 1.69 bits per heavy atom. The van der Waals surface area contributed by atoms with E-state index in [1.54, 1.807) is 0 Å². The normalized spacial score (nSPS) is 15.3. The predicted octanol–water partition coefficient (Wildman–Crippen LogP) is 4.47. The number of quaternary nitrogens is 1. The molecule has 134 valence electrons. The van der Waals surface area contributed by atoms with E-state index in [4.69, 9.17) is 0 Å². The Kier molecular flexibility index (Phi) is 3.92. The van der Waals surface area contributed by atoms with E-state index in [0.717, 1.165) is 17.6 Å². The molecule has 1 aliphatic rings. The Morgan fingerprint density at radius 3 is 2.46 bits per heavy atom. The molecule has 26 heavy (non-hydrogen) atoms. The van der Waals surface area contributed by atoms with E-state index in [1.165, 1.54) is 39.0 Å². The first-order valence-electron chi connectivity index (χ1n) is 9.23. The molecule has 0 unspecified atom stereocenters. The van der Waals surface area contributed by atoms with Crippen molar-refractivity contribution in [1.82, 2.24) is 4.48 Å². The maximum atomic E-state index is 2.43. The lowest BCUT2D eigenvalue weighted by atomic mass is 9.94. The van der Waals surface area contributed by atoms with Crippen molar-refractivity contribution in [3.05, 3.63) is 65.7 Å². The summed E-state index contributed by atoms with van der Waals surface area (Å²) in [5.74, 6) is 0. The van der Waals surface area contributed by atoms with Crippen LogP contribution in [-0.4, -0.2) is 41.9 Å². The monoisotopic (exact) mass is 346 g/mol. The van der Waals surface area contributed by atoms with Crippen LogP contribution in [0, 0.1) is 0 Å². The van der Waals surface area contributed by atoms with Crippen LogP contribution in [0.25, 0.3) is 10.8 Å². The maximum Gasteiger partial charge on any atom is 0.158 e. The van der Waals surface area contributed by atoms with Crippen molar-refractivity contribution in [3.63, 3.8) is 0 Å². The highest BCUT2D eigenvalue weighted by Crippen LogP contribution is 2.43. The summed E-state index contributed by atoms with van der Waals surface area (Å²) >= 11 is 0. The average Bonchev–Trinajstić information content (AvgIpc) is 2.60. The molecule has 1 aliphatic heterocycles. The van der Waals surface area contributed by atoms with Gasteiger partial charge in [-0.25, -0.2) is 0 Å². The third-order valence-electron chi connectivity index (χ3n) is 5.53. The molecular weight excluding hydrogens is 318 g/mol. The molecule has 3 nitrogen and oxygen atoms in total. The number of para-hydroxylation sites is 1. The molecule has 3 aromatic rings. The highest BCUT2D eigenvalue weighted by molar-refractivity contribution is 6.05. The van der Waals surface area contributed by atoms with Crippen LogP contribution in [-0.2, 0) is 6.42 Å². The number of hydrogen-bond acceptors (Lipinski definition) is 2. The molecule has 3 heteroatoms. The van der Waals surface area contributed by atoms with E-state index in [-0.39, 0.29) is 0 Å². The van der Waals surface area contributed by atoms with Crippen molar-refractivity contribution in [2.45, 2.75) is 6.42 Å². The largest absolute Gasteiger partial charge is 0.377 e. The van der Waals surface area contributed by atoms with Crippen molar-refractivity contribution in [1.29, 1.82) is 0 Å². The van der Waals surface area contributed by atoms with Crippen LogP contribution < -0.4 is 14.3 Å². The van der Waals surface area contributed by atoms with E-state index in [9.17, 15) is 0 Å². The van der Waals surface area contributed by atoms with Crippen LogP contribution in [0.1, 0.15) is 11.1 Å². The van der Waals surface area contributed by atoms with Gasteiger partial charge in [0.15, 0.2) is 6.67 Å². The average molecular weight is 346 g/mol. The Labute approximate surface area is 156 Å². The van der Waals surface area contributed by atoms with Crippen molar-refractivity contribution < 1.29 is 0 Å². The van der Waals surface area contributed by atoms with Gasteiger partial charge >= 0.3 is 0 Å². The van der Waals surface area contributed by atoms with Gasteiger partial charge in [-0.15, -0.1) is 0 Å². The summed E-state index contributed by atoms with van der Waals surface area (Å²) in [6.45, 7) is 0.985. The molecule has 0 N–H and O–H groups in total. The summed E-state index contributed by atoms with van der Waals surface area (Å²) in [6.07, 6.45) is 0.950. The van der Waals surface area contributed by atoms with Crippen LogP contribution in [0.3, 0.4) is 0 Å². The second kappa shape index (κ2) is 6.03. The highest BCUT2D eigenvalue weighted by Gasteiger charge is 2.32. The number of anilines is 2. The minimum Gasteiger partial charge on any atom is -0.377 e. The maximum absolute atomic E-state index is 2.43. The molecule has 3 aromatic carbocycles. The Bertz CT molecular complexity index is 972. The Morgan fingerprint density at radius 1 is 0.923 bits per heavy atom. The van der Waals surface area contributed by atoms with Gasteiger partial charge in [0.1, 0.15) is 5.69 Å². The molecule has 0 atom stereocenters. The SMILES string of the molecule is CN(C)c1ccccc1Cc1ccc2cccc3c2c1N(C)C[N+]3(C)C. The topological polar surface area (TPSA) is 6.48 Å². The second-order valence-electron chi connectivity index (χ2n) is 8.17. The number of rotatable bonds is 3. The molecular formula is C23H28N3+. The quantitative estimate of drug-likeness (QED) is 0.646. The molecule has 0 amide bonds. The zero-order valence-corrected chi connectivity index (χ0v) is 16.5. The minimum atomic E-state index is 0.887. The van der Waals surface area contributed by atoms with Gasteiger partial charge in [0.25, 0.3) is 0 Å². The number of nitrogens with zero attached hydrogens (tertiary/aromatic N) is 3. The summed E-state index contributed by atoms with van der Waals surface area (Å²) in [6, 6.07) is 20.0. The number of hydrogen-bond donors (Lipinski definition) is 0. The smallest absolute Gasteiger partial charge is 0.158 e. The van der Waals surface area contributed by atoms with Crippen molar-refractivity contribution in [2.75, 3.05) is 51.7 Å². The van der Waals surface area contributed by atoms with Crippen molar-refractivity contribution in [3.8, 4) is 0 Å². The van der Waals surface area contributed by atoms with Gasteiger partial charge in [-0.1, -0.05) is 42.5 Å². The summed E-state index contributed by atoms with van der Waals surface area (Å²) in [7, 11) is 11.1. The molecule has 0 fully saturated rings. The summed E-state index contributed by atoms with van der Waals surface area (Å²) in [5.41, 5.74) is 6.88. The van der Waals surface area contributed by atoms with Crippen LogP contribution in [0.4, 0.5) is 17.1 Å². The molecule has 1 heterocycles. The molecule has 0 radical (unpaired) electrons. The van der Waals surface area contributed by atoms with Gasteiger partial charge in [-0.3, -0.25) is 4.48 Å². The van der Waals surface area contributed by atoms with Gasteiger partial charge in [0, 0.05) is 33.3 Å². The lowest BCUT2D eigenvalue weighted by Gasteiger charge is -2.40. The highest BCUT2D eigenvalue weighted by atomic mass is 15.4.